The number of carbonyl (C=O) groups excluding carboxylic acids is 2. The fourth-order valence-electron chi connectivity index (χ4n) is 3.54. The molecule has 7 nitrogen and oxygen atoms in total. The van der Waals surface area contributed by atoms with Crippen LogP contribution in [0.5, 0.6) is 5.75 Å². The van der Waals surface area contributed by atoms with Gasteiger partial charge in [0.15, 0.2) is 0 Å². The van der Waals surface area contributed by atoms with Crippen LogP contribution >= 0.6 is 0 Å². The number of rotatable bonds is 7. The molecule has 3 amide bonds. The summed E-state index contributed by atoms with van der Waals surface area (Å²) in [5.74, 6) is -0.200. The summed E-state index contributed by atoms with van der Waals surface area (Å²) in [4.78, 5) is 28.4. The van der Waals surface area contributed by atoms with Crippen LogP contribution in [0.1, 0.15) is 31.7 Å². The Bertz CT molecular complexity index is 708. The zero-order chi connectivity index (χ0) is 20.3. The number of alkyl halides is 2. The second-order valence-corrected chi connectivity index (χ2v) is 7.51. The lowest BCUT2D eigenvalue weighted by Crippen LogP contribution is -2.47. The lowest BCUT2D eigenvalue weighted by atomic mass is 9.93. The van der Waals surface area contributed by atoms with Gasteiger partial charge in [0.05, 0.1) is 12.8 Å². The van der Waals surface area contributed by atoms with E-state index >= 15 is 0 Å². The van der Waals surface area contributed by atoms with E-state index in [2.05, 4.69) is 10.1 Å². The molecule has 2 aliphatic rings. The maximum Gasteiger partial charge on any atom is 0.387 e. The van der Waals surface area contributed by atoms with Crippen molar-refractivity contribution in [2.75, 3.05) is 19.8 Å². The molecule has 0 radical (unpaired) electrons. The van der Waals surface area contributed by atoms with E-state index in [-0.39, 0.29) is 24.4 Å². The second-order valence-electron chi connectivity index (χ2n) is 7.51. The molecule has 0 aliphatic carbocycles. The van der Waals surface area contributed by atoms with E-state index in [9.17, 15) is 23.5 Å². The maximum absolute atomic E-state index is 12.8. The predicted molar refractivity (Wildman–Crippen MR) is 96.9 cm³/mol. The van der Waals surface area contributed by atoms with Crippen LogP contribution in [-0.2, 0) is 11.2 Å². The van der Waals surface area contributed by atoms with E-state index in [4.69, 9.17) is 0 Å². The molecule has 2 aliphatic heterocycles. The van der Waals surface area contributed by atoms with Gasteiger partial charge in [-0.3, -0.25) is 9.69 Å². The standard InChI is InChI=1S/C19H25F2N3O4/c1-19(9-6-13-2-4-15(5-3-13)28-17(20)21)16(26)24(18(27)22-19)12-23-10-7-14(25)8-11-23/h2-5,14,17,25H,6-12H2,1H3,(H,22,27)/t19-/m0/s1. The van der Waals surface area contributed by atoms with Crippen molar-refractivity contribution < 1.29 is 28.2 Å². The Labute approximate surface area is 162 Å². The summed E-state index contributed by atoms with van der Waals surface area (Å²) in [6.07, 6.45) is 1.84. The van der Waals surface area contributed by atoms with E-state index in [1.807, 2.05) is 4.90 Å². The molecule has 1 aromatic carbocycles. The summed E-state index contributed by atoms with van der Waals surface area (Å²) in [5, 5.41) is 12.4. The first-order chi connectivity index (χ1) is 13.3. The fourth-order valence-corrected chi connectivity index (χ4v) is 3.54. The highest BCUT2D eigenvalue weighted by Crippen LogP contribution is 2.25. The molecule has 0 bridgehead atoms. The molecule has 0 saturated carbocycles. The van der Waals surface area contributed by atoms with Crippen molar-refractivity contribution in [1.29, 1.82) is 0 Å². The highest BCUT2D eigenvalue weighted by atomic mass is 19.3. The van der Waals surface area contributed by atoms with Crippen molar-refractivity contribution in [3.63, 3.8) is 0 Å². The Morgan fingerprint density at radius 1 is 1.25 bits per heavy atom. The van der Waals surface area contributed by atoms with Gasteiger partial charge in [-0.15, -0.1) is 0 Å². The summed E-state index contributed by atoms with van der Waals surface area (Å²) in [6, 6.07) is 5.82. The van der Waals surface area contributed by atoms with Gasteiger partial charge >= 0.3 is 12.6 Å². The number of ether oxygens (including phenoxy) is 1. The van der Waals surface area contributed by atoms with Crippen LogP contribution in [0, 0.1) is 0 Å². The molecule has 2 fully saturated rings. The van der Waals surface area contributed by atoms with Crippen LogP contribution in [-0.4, -0.2) is 64.9 Å². The molecule has 0 spiro atoms. The quantitative estimate of drug-likeness (QED) is 0.688. The minimum absolute atomic E-state index is 0.0769. The Kier molecular flexibility index (Phi) is 6.14. The third-order valence-electron chi connectivity index (χ3n) is 5.31. The number of aliphatic hydroxyl groups excluding tert-OH is 1. The highest BCUT2D eigenvalue weighted by Gasteiger charge is 2.47. The molecule has 2 heterocycles. The number of halogens is 2. The lowest BCUT2D eigenvalue weighted by molar-refractivity contribution is -0.132. The molecule has 2 saturated heterocycles. The van der Waals surface area contributed by atoms with Crippen molar-refractivity contribution in [2.24, 2.45) is 0 Å². The number of hydrogen-bond donors (Lipinski definition) is 2. The first kappa shape index (κ1) is 20.5. The number of likely N-dealkylation sites (tertiary alicyclic amines) is 1. The van der Waals surface area contributed by atoms with E-state index in [0.717, 1.165) is 5.56 Å². The van der Waals surface area contributed by atoms with Gasteiger partial charge in [-0.1, -0.05) is 12.1 Å². The van der Waals surface area contributed by atoms with Crippen LogP contribution in [0.15, 0.2) is 24.3 Å². The number of benzene rings is 1. The number of nitrogens with one attached hydrogen (secondary N) is 1. The summed E-state index contributed by atoms with van der Waals surface area (Å²) in [5.41, 5.74) is -0.154. The maximum atomic E-state index is 12.8. The van der Waals surface area contributed by atoms with Crippen LogP contribution in [0.4, 0.5) is 13.6 Å². The molecule has 1 aromatic rings. The molecular weight excluding hydrogens is 372 g/mol. The smallest absolute Gasteiger partial charge is 0.387 e. The normalized spacial score (nSPS) is 24.1. The number of imide groups is 1. The topological polar surface area (TPSA) is 82.1 Å². The molecule has 0 aromatic heterocycles. The third-order valence-corrected chi connectivity index (χ3v) is 5.31. The van der Waals surface area contributed by atoms with Crippen molar-refractivity contribution >= 4 is 11.9 Å². The van der Waals surface area contributed by atoms with Crippen LogP contribution in [0.2, 0.25) is 0 Å². The minimum Gasteiger partial charge on any atom is -0.435 e. The number of piperidine rings is 1. The Hall–Kier alpha value is -2.26. The zero-order valence-electron chi connectivity index (χ0n) is 15.7. The summed E-state index contributed by atoms with van der Waals surface area (Å²) in [6.45, 7) is 0.322. The van der Waals surface area contributed by atoms with Gasteiger partial charge in [0.2, 0.25) is 0 Å². The van der Waals surface area contributed by atoms with E-state index in [1.54, 1.807) is 19.1 Å². The monoisotopic (exact) mass is 397 g/mol. The highest BCUT2D eigenvalue weighted by molar-refractivity contribution is 6.06. The van der Waals surface area contributed by atoms with Gasteiger partial charge in [0, 0.05) is 13.1 Å². The fraction of sp³-hybridized carbons (Fsp3) is 0.579. The molecule has 9 heteroatoms. The van der Waals surface area contributed by atoms with Crippen LogP contribution < -0.4 is 10.1 Å². The number of carbonyl (C=O) groups is 2. The number of amides is 3. The second kappa shape index (κ2) is 8.40. The lowest BCUT2D eigenvalue weighted by Gasteiger charge is -2.32. The Morgan fingerprint density at radius 2 is 1.89 bits per heavy atom. The van der Waals surface area contributed by atoms with Crippen molar-refractivity contribution in [2.45, 2.75) is 50.9 Å². The largest absolute Gasteiger partial charge is 0.435 e. The summed E-state index contributed by atoms with van der Waals surface area (Å²) < 4.78 is 28.7. The van der Waals surface area contributed by atoms with Crippen LogP contribution in [0.3, 0.4) is 0 Å². The molecule has 0 unspecified atom stereocenters. The first-order valence-corrected chi connectivity index (χ1v) is 9.35. The van der Waals surface area contributed by atoms with Crippen molar-refractivity contribution in [3.8, 4) is 5.75 Å². The van der Waals surface area contributed by atoms with E-state index in [0.29, 0.717) is 38.8 Å². The molecule has 154 valence electrons. The van der Waals surface area contributed by atoms with Gasteiger partial charge < -0.3 is 15.2 Å². The van der Waals surface area contributed by atoms with Crippen molar-refractivity contribution in [3.05, 3.63) is 29.8 Å². The molecule has 1 atom stereocenters. The Balaban J connectivity index is 1.56. The number of nitrogens with zero attached hydrogens (tertiary/aromatic N) is 2. The molecular formula is C19H25F2N3O4. The third kappa shape index (κ3) is 4.77. The van der Waals surface area contributed by atoms with Crippen molar-refractivity contribution in [1.82, 2.24) is 15.1 Å². The summed E-state index contributed by atoms with van der Waals surface area (Å²) in [7, 11) is 0. The number of aliphatic hydroxyl groups is 1. The first-order valence-electron chi connectivity index (χ1n) is 9.35. The molecule has 2 N–H and O–H groups in total. The SMILES string of the molecule is C[C@@]1(CCc2ccc(OC(F)F)cc2)NC(=O)N(CN2CCC(O)CC2)C1=O. The van der Waals surface area contributed by atoms with Gasteiger partial charge in [-0.2, -0.15) is 8.78 Å². The molecule has 28 heavy (non-hydrogen) atoms. The minimum atomic E-state index is -2.87. The van der Waals surface area contributed by atoms with Gasteiger partial charge in [0.25, 0.3) is 5.91 Å². The van der Waals surface area contributed by atoms with E-state index in [1.165, 1.54) is 17.0 Å². The average Bonchev–Trinajstić information content (AvgIpc) is 2.86. The number of urea groups is 1. The predicted octanol–water partition coefficient (Wildman–Crippen LogP) is 1.95. The molecule has 3 rings (SSSR count). The van der Waals surface area contributed by atoms with Gasteiger partial charge in [-0.05, 0) is 50.3 Å². The average molecular weight is 397 g/mol. The van der Waals surface area contributed by atoms with Gasteiger partial charge in [-0.25, -0.2) is 9.69 Å². The van der Waals surface area contributed by atoms with Crippen LogP contribution in [0.25, 0.3) is 0 Å². The number of hydrogen-bond acceptors (Lipinski definition) is 5. The number of aryl methyl sites for hydroxylation is 1. The Morgan fingerprint density at radius 3 is 2.50 bits per heavy atom. The van der Waals surface area contributed by atoms with E-state index < -0.39 is 18.2 Å². The summed E-state index contributed by atoms with van der Waals surface area (Å²) >= 11 is 0. The zero-order valence-corrected chi connectivity index (χ0v) is 15.7. The van der Waals surface area contributed by atoms with Gasteiger partial charge in [0.1, 0.15) is 11.3 Å².